The SMILES string of the molecule is [2H]CN[C@@H](CC(=O)O)C(=O)OC. The molecule has 0 spiro atoms. The maximum Gasteiger partial charge on any atom is 0.323 e. The Hall–Kier alpha value is -1.10. The first-order chi connectivity index (χ1) is 5.61. The molecule has 0 saturated carbocycles. The van der Waals surface area contributed by atoms with Crippen LogP contribution in [0.5, 0.6) is 0 Å². The van der Waals surface area contributed by atoms with Crippen molar-refractivity contribution in [3.05, 3.63) is 0 Å². The van der Waals surface area contributed by atoms with Crippen LogP contribution < -0.4 is 5.32 Å². The van der Waals surface area contributed by atoms with Gasteiger partial charge in [0.05, 0.1) is 13.5 Å². The van der Waals surface area contributed by atoms with E-state index in [9.17, 15) is 9.59 Å². The molecule has 0 aliphatic rings. The van der Waals surface area contributed by atoms with E-state index >= 15 is 0 Å². The van der Waals surface area contributed by atoms with Crippen molar-refractivity contribution in [2.45, 2.75) is 12.5 Å². The van der Waals surface area contributed by atoms with Crippen LogP contribution in [0.15, 0.2) is 0 Å². The van der Waals surface area contributed by atoms with Crippen LogP contribution in [0, 0.1) is 0 Å². The molecule has 0 radical (unpaired) electrons. The number of rotatable bonds is 4. The van der Waals surface area contributed by atoms with Crippen molar-refractivity contribution in [3.63, 3.8) is 0 Å². The van der Waals surface area contributed by atoms with Crippen molar-refractivity contribution in [2.75, 3.05) is 14.1 Å². The zero-order valence-electron chi connectivity index (χ0n) is 7.16. The minimum absolute atomic E-state index is 0.215. The van der Waals surface area contributed by atoms with Crippen molar-refractivity contribution < 1.29 is 20.8 Å². The molecule has 0 amide bonds. The third kappa shape index (κ3) is 3.57. The zero-order valence-corrected chi connectivity index (χ0v) is 6.16. The van der Waals surface area contributed by atoms with Crippen molar-refractivity contribution in [2.24, 2.45) is 0 Å². The molecule has 0 aliphatic heterocycles. The molecule has 5 heteroatoms. The lowest BCUT2D eigenvalue weighted by molar-refractivity contribution is -0.148. The van der Waals surface area contributed by atoms with E-state index in [-0.39, 0.29) is 13.4 Å². The van der Waals surface area contributed by atoms with E-state index < -0.39 is 18.0 Å². The van der Waals surface area contributed by atoms with E-state index in [0.717, 1.165) is 0 Å². The van der Waals surface area contributed by atoms with E-state index in [4.69, 9.17) is 6.48 Å². The van der Waals surface area contributed by atoms with Crippen LogP contribution in [0.3, 0.4) is 0 Å². The van der Waals surface area contributed by atoms with Crippen molar-refractivity contribution in [1.29, 1.82) is 0 Å². The first kappa shape index (κ1) is 8.00. The van der Waals surface area contributed by atoms with Gasteiger partial charge in [-0.3, -0.25) is 9.59 Å². The number of ether oxygens (including phenoxy) is 1. The minimum Gasteiger partial charge on any atom is -0.481 e. The number of esters is 1. The summed E-state index contributed by atoms with van der Waals surface area (Å²) in [6.45, 7) is 0. The number of aliphatic carboxylic acids is 1. The molecule has 2 N–H and O–H groups in total. The average molecular weight is 162 g/mol. The van der Waals surface area contributed by atoms with Crippen LogP contribution in [-0.2, 0) is 14.3 Å². The van der Waals surface area contributed by atoms with Gasteiger partial charge in [-0.05, 0) is 7.02 Å². The van der Waals surface area contributed by atoms with Gasteiger partial charge < -0.3 is 15.2 Å². The Morgan fingerprint density at radius 3 is 2.82 bits per heavy atom. The van der Waals surface area contributed by atoms with Crippen molar-refractivity contribution in [3.8, 4) is 0 Å². The Morgan fingerprint density at radius 1 is 1.82 bits per heavy atom. The Bertz CT molecular complexity index is 173. The Labute approximate surface area is 65.7 Å². The lowest BCUT2D eigenvalue weighted by atomic mass is 10.2. The third-order valence-electron chi connectivity index (χ3n) is 1.11. The average Bonchev–Trinajstić information content (AvgIpc) is 2.01. The fourth-order valence-electron chi connectivity index (χ4n) is 0.556. The monoisotopic (exact) mass is 162 g/mol. The summed E-state index contributed by atoms with van der Waals surface area (Å²) in [6, 6.07) is -0.926. The van der Waals surface area contributed by atoms with Crippen molar-refractivity contribution in [1.82, 2.24) is 5.32 Å². The fraction of sp³-hybridized carbons (Fsp3) is 0.667. The second-order valence-electron chi connectivity index (χ2n) is 1.88. The Kier molecular flexibility index (Phi) is 3.40. The number of hydrogen-bond donors (Lipinski definition) is 2. The highest BCUT2D eigenvalue weighted by Crippen LogP contribution is 1.93. The molecule has 0 heterocycles. The first-order valence-electron chi connectivity index (χ1n) is 3.64. The van der Waals surface area contributed by atoms with Gasteiger partial charge in [-0.2, -0.15) is 0 Å². The largest absolute Gasteiger partial charge is 0.481 e. The maximum atomic E-state index is 10.8. The molecule has 11 heavy (non-hydrogen) atoms. The molecule has 1 atom stereocenters. The highest BCUT2D eigenvalue weighted by Gasteiger charge is 2.19. The molecule has 5 nitrogen and oxygen atoms in total. The van der Waals surface area contributed by atoms with E-state index in [1.165, 1.54) is 7.11 Å². The van der Waals surface area contributed by atoms with Crippen molar-refractivity contribution >= 4 is 11.9 Å². The molecule has 0 aliphatic carbocycles. The first-order valence-corrected chi connectivity index (χ1v) is 2.94. The number of carbonyl (C=O) groups is 2. The summed E-state index contributed by atoms with van der Waals surface area (Å²) in [5.41, 5.74) is 0. The normalized spacial score (nSPS) is 13.4. The van der Waals surface area contributed by atoms with Gasteiger partial charge in [0, 0.05) is 1.37 Å². The van der Waals surface area contributed by atoms with Gasteiger partial charge in [-0.15, -0.1) is 0 Å². The summed E-state index contributed by atoms with van der Waals surface area (Å²) in [4.78, 5) is 21.0. The summed E-state index contributed by atoms with van der Waals surface area (Å²) in [5, 5.41) is 10.7. The van der Waals surface area contributed by atoms with Crippen LogP contribution in [0.25, 0.3) is 0 Å². The minimum atomic E-state index is -1.11. The predicted molar refractivity (Wildman–Crippen MR) is 37.1 cm³/mol. The van der Waals surface area contributed by atoms with Gasteiger partial charge in [-0.25, -0.2) is 0 Å². The smallest absolute Gasteiger partial charge is 0.323 e. The fourth-order valence-corrected chi connectivity index (χ4v) is 0.556. The Morgan fingerprint density at radius 2 is 2.45 bits per heavy atom. The van der Waals surface area contributed by atoms with Crippen LogP contribution >= 0.6 is 0 Å². The van der Waals surface area contributed by atoms with Gasteiger partial charge in [0.1, 0.15) is 6.04 Å². The molecular weight excluding hydrogens is 150 g/mol. The standard InChI is InChI=1S/C6H11NO4/c1-7-4(3-5(8)9)6(10)11-2/h4,7H,3H2,1-2H3,(H,8,9)/t4-/m0/s1/i1D. The van der Waals surface area contributed by atoms with E-state index in [2.05, 4.69) is 10.1 Å². The molecule has 0 aromatic heterocycles. The molecule has 0 bridgehead atoms. The van der Waals surface area contributed by atoms with Crippen LogP contribution in [0.4, 0.5) is 0 Å². The maximum absolute atomic E-state index is 10.8. The molecular formula is C6H11NO4. The van der Waals surface area contributed by atoms with Gasteiger partial charge in [0.25, 0.3) is 0 Å². The van der Waals surface area contributed by atoms with Crippen LogP contribution in [-0.4, -0.2) is 37.2 Å². The topological polar surface area (TPSA) is 75.6 Å². The van der Waals surface area contributed by atoms with Crippen LogP contribution in [0.2, 0.25) is 0 Å². The van der Waals surface area contributed by atoms with Gasteiger partial charge in [0.2, 0.25) is 0 Å². The molecule has 64 valence electrons. The Balaban J connectivity index is 4.02. The summed E-state index contributed by atoms with van der Waals surface area (Å²) in [5.74, 6) is -1.77. The van der Waals surface area contributed by atoms with Gasteiger partial charge in [0.15, 0.2) is 0 Å². The molecule has 0 unspecified atom stereocenters. The number of carbonyl (C=O) groups excluding carboxylic acids is 1. The van der Waals surface area contributed by atoms with Crippen LogP contribution in [0.1, 0.15) is 7.79 Å². The highest BCUT2D eigenvalue weighted by atomic mass is 16.5. The number of carboxylic acid groups (broad SMARTS) is 1. The predicted octanol–water partition coefficient (Wildman–Crippen LogP) is -0.778. The van der Waals surface area contributed by atoms with Gasteiger partial charge >= 0.3 is 11.9 Å². The number of hydrogen-bond acceptors (Lipinski definition) is 4. The van der Waals surface area contributed by atoms with E-state index in [0.29, 0.717) is 0 Å². The molecule has 0 fully saturated rings. The number of likely N-dealkylation sites (N-methyl/N-ethyl adjacent to an activating group) is 1. The quantitative estimate of drug-likeness (QED) is 0.530. The lowest BCUT2D eigenvalue weighted by Gasteiger charge is -2.09. The zero-order chi connectivity index (χ0) is 9.56. The third-order valence-corrected chi connectivity index (χ3v) is 1.11. The van der Waals surface area contributed by atoms with E-state index in [1.807, 2.05) is 0 Å². The molecule has 0 aromatic rings. The lowest BCUT2D eigenvalue weighted by Crippen LogP contribution is -2.36. The number of nitrogens with one attached hydrogen (secondary N) is 1. The van der Waals surface area contributed by atoms with E-state index in [1.54, 1.807) is 0 Å². The number of carboxylic acids is 1. The molecule has 0 saturated heterocycles. The summed E-state index contributed by atoms with van der Waals surface area (Å²) in [7, 11) is 0.954. The van der Waals surface area contributed by atoms with Gasteiger partial charge in [-0.1, -0.05) is 0 Å². The summed E-state index contributed by atoms with van der Waals surface area (Å²) >= 11 is 0. The summed E-state index contributed by atoms with van der Waals surface area (Å²) in [6.07, 6.45) is -0.369. The second-order valence-corrected chi connectivity index (χ2v) is 1.88. The molecule has 0 aromatic carbocycles. The summed E-state index contributed by atoms with van der Waals surface area (Å²) < 4.78 is 11.1. The second kappa shape index (κ2) is 4.68. The highest BCUT2D eigenvalue weighted by molar-refractivity contribution is 5.81. The molecule has 0 rings (SSSR count). The number of methoxy groups -OCH3 is 1.